The van der Waals surface area contributed by atoms with Gasteiger partial charge < -0.3 is 15.0 Å². The van der Waals surface area contributed by atoms with Crippen LogP contribution in [-0.2, 0) is 14.3 Å². The molecule has 0 spiro atoms. The summed E-state index contributed by atoms with van der Waals surface area (Å²) < 4.78 is 5.04. The molecule has 1 unspecified atom stereocenters. The van der Waals surface area contributed by atoms with E-state index in [-0.39, 0.29) is 17.8 Å². The molecule has 0 radical (unpaired) electrons. The van der Waals surface area contributed by atoms with E-state index >= 15 is 0 Å². The molecule has 2 aliphatic rings. The molecule has 1 fully saturated rings. The monoisotopic (exact) mass is 252 g/mol. The predicted molar refractivity (Wildman–Crippen MR) is 66.9 cm³/mol. The van der Waals surface area contributed by atoms with Gasteiger partial charge in [-0.25, -0.2) is 4.79 Å². The summed E-state index contributed by atoms with van der Waals surface area (Å²) in [5.41, 5.74) is 0. The highest BCUT2D eigenvalue weighted by atomic mass is 16.5. The van der Waals surface area contributed by atoms with Gasteiger partial charge in [0.25, 0.3) is 0 Å². The molecule has 18 heavy (non-hydrogen) atoms. The molecular formula is C13H20N2O3. The van der Waals surface area contributed by atoms with E-state index < -0.39 is 6.04 Å². The molecule has 1 saturated heterocycles. The first-order chi connectivity index (χ1) is 8.74. The molecule has 5 nitrogen and oxygen atoms in total. The van der Waals surface area contributed by atoms with Crippen LogP contribution in [0, 0.1) is 5.92 Å². The molecule has 1 aliphatic heterocycles. The first kappa shape index (κ1) is 13.1. The first-order valence-electron chi connectivity index (χ1n) is 6.57. The van der Waals surface area contributed by atoms with E-state index in [1.54, 1.807) is 11.8 Å². The van der Waals surface area contributed by atoms with Crippen LogP contribution in [0.5, 0.6) is 0 Å². The van der Waals surface area contributed by atoms with Crippen LogP contribution in [0.15, 0.2) is 12.2 Å². The molecule has 0 aromatic heterocycles. The van der Waals surface area contributed by atoms with Gasteiger partial charge in [0.1, 0.15) is 6.04 Å². The van der Waals surface area contributed by atoms with E-state index in [0.29, 0.717) is 19.7 Å². The molecular weight excluding hydrogens is 232 g/mol. The van der Waals surface area contributed by atoms with Crippen molar-refractivity contribution in [2.24, 2.45) is 5.92 Å². The maximum atomic E-state index is 12.4. The van der Waals surface area contributed by atoms with Gasteiger partial charge in [-0.2, -0.15) is 0 Å². The number of allylic oxidation sites excluding steroid dienone is 2. The fourth-order valence-corrected chi connectivity index (χ4v) is 2.47. The van der Waals surface area contributed by atoms with Crippen LogP contribution < -0.4 is 5.32 Å². The van der Waals surface area contributed by atoms with Crippen LogP contribution in [0.1, 0.15) is 19.8 Å². The van der Waals surface area contributed by atoms with Gasteiger partial charge in [-0.05, 0) is 19.8 Å². The molecule has 0 saturated carbocycles. The molecule has 0 bridgehead atoms. The quantitative estimate of drug-likeness (QED) is 0.580. The van der Waals surface area contributed by atoms with Gasteiger partial charge in [-0.1, -0.05) is 12.2 Å². The van der Waals surface area contributed by atoms with Gasteiger partial charge in [0.2, 0.25) is 5.91 Å². The Morgan fingerprint density at radius 3 is 2.78 bits per heavy atom. The van der Waals surface area contributed by atoms with Crippen molar-refractivity contribution in [3.63, 3.8) is 0 Å². The fraction of sp³-hybridized carbons (Fsp3) is 0.692. The van der Waals surface area contributed by atoms with Crippen molar-refractivity contribution in [2.75, 3.05) is 26.2 Å². The largest absolute Gasteiger partial charge is 0.464 e. The van der Waals surface area contributed by atoms with Gasteiger partial charge >= 0.3 is 5.97 Å². The van der Waals surface area contributed by atoms with Crippen LogP contribution in [0.25, 0.3) is 0 Å². The Hall–Kier alpha value is -1.36. The molecule has 1 heterocycles. The minimum Gasteiger partial charge on any atom is -0.464 e. The lowest BCUT2D eigenvalue weighted by atomic mass is 10.0. The van der Waals surface area contributed by atoms with Crippen molar-refractivity contribution >= 4 is 11.9 Å². The lowest BCUT2D eigenvalue weighted by Crippen LogP contribution is -2.58. The lowest BCUT2D eigenvalue weighted by Gasteiger charge is -2.36. The van der Waals surface area contributed by atoms with Crippen molar-refractivity contribution in [1.82, 2.24) is 10.2 Å². The molecule has 0 aromatic rings. The minimum atomic E-state index is -0.466. The smallest absolute Gasteiger partial charge is 0.330 e. The highest BCUT2D eigenvalue weighted by molar-refractivity contribution is 5.86. The zero-order chi connectivity index (χ0) is 13.0. The SMILES string of the molecule is CCOC(=O)C1CNCCN1C(=O)C1CC=CC1. The lowest BCUT2D eigenvalue weighted by molar-refractivity contribution is -0.157. The Morgan fingerprint density at radius 1 is 1.39 bits per heavy atom. The molecule has 100 valence electrons. The summed E-state index contributed by atoms with van der Waals surface area (Å²) >= 11 is 0. The zero-order valence-electron chi connectivity index (χ0n) is 10.7. The molecule has 2 rings (SSSR count). The van der Waals surface area contributed by atoms with E-state index in [1.807, 2.05) is 12.2 Å². The van der Waals surface area contributed by atoms with E-state index in [2.05, 4.69) is 5.32 Å². The maximum absolute atomic E-state index is 12.4. The molecule has 1 N–H and O–H groups in total. The van der Waals surface area contributed by atoms with Gasteiger partial charge in [-0.15, -0.1) is 0 Å². The Balaban J connectivity index is 2.02. The van der Waals surface area contributed by atoms with Crippen molar-refractivity contribution in [3.05, 3.63) is 12.2 Å². The second kappa shape index (κ2) is 6.00. The number of hydrogen-bond acceptors (Lipinski definition) is 4. The standard InChI is InChI=1S/C13H20N2O3/c1-2-18-13(17)11-9-14-7-8-15(11)12(16)10-5-3-4-6-10/h3-4,10-11,14H,2,5-9H2,1H3. The van der Waals surface area contributed by atoms with Crippen LogP contribution in [0.3, 0.4) is 0 Å². The summed E-state index contributed by atoms with van der Waals surface area (Å²) in [6, 6.07) is -0.466. The number of esters is 1. The number of amides is 1. The summed E-state index contributed by atoms with van der Waals surface area (Å²) in [6.45, 7) is 3.94. The van der Waals surface area contributed by atoms with E-state index in [0.717, 1.165) is 19.4 Å². The fourth-order valence-electron chi connectivity index (χ4n) is 2.47. The van der Waals surface area contributed by atoms with Gasteiger partial charge in [0.05, 0.1) is 6.61 Å². The van der Waals surface area contributed by atoms with Crippen molar-refractivity contribution in [3.8, 4) is 0 Å². The number of rotatable bonds is 3. The molecule has 1 amide bonds. The molecule has 0 aromatic carbocycles. The summed E-state index contributed by atoms with van der Waals surface area (Å²) in [4.78, 5) is 25.9. The third-order valence-corrected chi connectivity index (χ3v) is 3.44. The molecule has 1 atom stereocenters. The summed E-state index contributed by atoms with van der Waals surface area (Å²) in [7, 11) is 0. The zero-order valence-corrected chi connectivity index (χ0v) is 10.7. The average Bonchev–Trinajstić information content (AvgIpc) is 2.92. The van der Waals surface area contributed by atoms with Gasteiger partial charge in [0.15, 0.2) is 0 Å². The second-order valence-electron chi connectivity index (χ2n) is 4.64. The number of piperazine rings is 1. The molecule has 5 heteroatoms. The van der Waals surface area contributed by atoms with Crippen molar-refractivity contribution in [1.29, 1.82) is 0 Å². The van der Waals surface area contributed by atoms with Crippen LogP contribution in [0.4, 0.5) is 0 Å². The summed E-state index contributed by atoms with van der Waals surface area (Å²) in [6.07, 6.45) is 5.64. The third-order valence-electron chi connectivity index (χ3n) is 3.44. The second-order valence-corrected chi connectivity index (χ2v) is 4.64. The van der Waals surface area contributed by atoms with Crippen LogP contribution in [-0.4, -0.2) is 49.1 Å². The van der Waals surface area contributed by atoms with Crippen molar-refractivity contribution in [2.45, 2.75) is 25.8 Å². The maximum Gasteiger partial charge on any atom is 0.330 e. The Kier molecular flexibility index (Phi) is 4.36. The molecule has 1 aliphatic carbocycles. The number of hydrogen-bond donors (Lipinski definition) is 1. The van der Waals surface area contributed by atoms with E-state index in [9.17, 15) is 9.59 Å². The first-order valence-corrected chi connectivity index (χ1v) is 6.57. The van der Waals surface area contributed by atoms with Crippen LogP contribution >= 0.6 is 0 Å². The van der Waals surface area contributed by atoms with Gasteiger partial charge in [-0.3, -0.25) is 4.79 Å². The number of carbonyl (C=O) groups is 2. The number of nitrogens with zero attached hydrogens (tertiary/aromatic N) is 1. The third kappa shape index (κ3) is 2.72. The number of nitrogens with one attached hydrogen (secondary N) is 1. The highest BCUT2D eigenvalue weighted by Gasteiger charge is 2.36. The normalized spacial score (nSPS) is 24.3. The van der Waals surface area contributed by atoms with Crippen LogP contribution in [0.2, 0.25) is 0 Å². The highest BCUT2D eigenvalue weighted by Crippen LogP contribution is 2.22. The topological polar surface area (TPSA) is 58.6 Å². The number of ether oxygens (including phenoxy) is 1. The Morgan fingerprint density at radius 2 is 2.11 bits per heavy atom. The summed E-state index contributed by atoms with van der Waals surface area (Å²) in [5.74, 6) is -0.205. The Labute approximate surface area is 107 Å². The summed E-state index contributed by atoms with van der Waals surface area (Å²) in [5, 5.41) is 3.14. The predicted octanol–water partition coefficient (Wildman–Crippen LogP) is 0.316. The average molecular weight is 252 g/mol. The number of carbonyl (C=O) groups excluding carboxylic acids is 2. The van der Waals surface area contributed by atoms with E-state index in [1.165, 1.54) is 0 Å². The Bertz CT molecular complexity index is 346. The van der Waals surface area contributed by atoms with Crippen molar-refractivity contribution < 1.29 is 14.3 Å². The van der Waals surface area contributed by atoms with Gasteiger partial charge in [0, 0.05) is 25.6 Å². The minimum absolute atomic E-state index is 0.0139. The van der Waals surface area contributed by atoms with E-state index in [4.69, 9.17) is 4.74 Å².